The summed E-state index contributed by atoms with van der Waals surface area (Å²) in [5.74, 6) is 0.492. The van der Waals surface area contributed by atoms with E-state index < -0.39 is 10.0 Å². The Kier molecular flexibility index (Phi) is 5.01. The van der Waals surface area contributed by atoms with Crippen LogP contribution in [0.3, 0.4) is 0 Å². The second-order valence-electron chi connectivity index (χ2n) is 1.56. The molecule has 0 saturated carbocycles. The fraction of sp³-hybridized carbons (Fsp3) is 1.00. The van der Waals surface area contributed by atoms with Gasteiger partial charge < -0.3 is 0 Å². The fourth-order valence-corrected chi connectivity index (χ4v) is 1.30. The van der Waals surface area contributed by atoms with Gasteiger partial charge in [0.15, 0.2) is 0 Å². The number of alkyl halides is 1. The lowest BCUT2D eigenvalue weighted by atomic mass is 10.4. The summed E-state index contributed by atoms with van der Waals surface area (Å²) in [6, 6.07) is 0. The van der Waals surface area contributed by atoms with Crippen LogP contribution in [-0.4, -0.2) is 15.3 Å². The standard InChI is InChI=1S/C4H8Cl2OS/c1-4(5)2-3-8(6)7/h4H,2-3H2,1H3. The highest BCUT2D eigenvalue weighted by atomic mass is 35.7. The van der Waals surface area contributed by atoms with Gasteiger partial charge in [-0.15, -0.1) is 11.6 Å². The SMILES string of the molecule is CC(Cl)CCS(=O)Cl. The van der Waals surface area contributed by atoms with Crippen LogP contribution in [0.25, 0.3) is 0 Å². The molecule has 0 aliphatic carbocycles. The highest BCUT2D eigenvalue weighted by Crippen LogP contribution is 2.02. The summed E-state index contributed by atoms with van der Waals surface area (Å²) in [5.41, 5.74) is 0. The van der Waals surface area contributed by atoms with E-state index in [1.54, 1.807) is 0 Å². The summed E-state index contributed by atoms with van der Waals surface area (Å²) < 4.78 is 10.2. The van der Waals surface area contributed by atoms with E-state index in [4.69, 9.17) is 22.3 Å². The van der Waals surface area contributed by atoms with Crippen LogP contribution >= 0.6 is 22.3 Å². The van der Waals surface area contributed by atoms with Crippen molar-refractivity contribution in [3.05, 3.63) is 0 Å². The number of halogens is 2. The van der Waals surface area contributed by atoms with Gasteiger partial charge in [-0.2, -0.15) is 0 Å². The second-order valence-corrected chi connectivity index (χ2v) is 4.33. The second kappa shape index (κ2) is 4.59. The Morgan fingerprint density at radius 2 is 2.25 bits per heavy atom. The molecule has 0 aromatic heterocycles. The van der Waals surface area contributed by atoms with Crippen molar-refractivity contribution >= 4 is 32.3 Å². The molecule has 4 heteroatoms. The topological polar surface area (TPSA) is 17.1 Å². The van der Waals surface area contributed by atoms with Crippen LogP contribution in [0.5, 0.6) is 0 Å². The van der Waals surface area contributed by atoms with Gasteiger partial charge in [-0.25, -0.2) is 4.21 Å². The van der Waals surface area contributed by atoms with Crippen molar-refractivity contribution in [2.24, 2.45) is 0 Å². The molecule has 0 fully saturated rings. The molecular formula is C4H8Cl2OS. The monoisotopic (exact) mass is 174 g/mol. The zero-order valence-corrected chi connectivity index (χ0v) is 6.89. The van der Waals surface area contributed by atoms with Crippen molar-refractivity contribution < 1.29 is 4.21 Å². The molecule has 0 aromatic rings. The summed E-state index contributed by atoms with van der Waals surface area (Å²) in [6.45, 7) is 1.85. The third kappa shape index (κ3) is 6.73. The molecule has 0 radical (unpaired) electrons. The first kappa shape index (κ1) is 8.73. The molecule has 0 bridgehead atoms. The minimum absolute atomic E-state index is 0.0812. The Balaban J connectivity index is 3.05. The maximum Gasteiger partial charge on any atom is 0.114 e. The minimum atomic E-state index is -1.20. The first-order chi connectivity index (χ1) is 3.63. The Morgan fingerprint density at radius 3 is 2.38 bits per heavy atom. The quantitative estimate of drug-likeness (QED) is 0.473. The molecule has 0 aromatic carbocycles. The number of hydrogen-bond acceptors (Lipinski definition) is 1. The molecule has 8 heavy (non-hydrogen) atoms. The highest BCUT2D eigenvalue weighted by Gasteiger charge is 1.97. The van der Waals surface area contributed by atoms with Crippen LogP contribution < -0.4 is 0 Å². The maximum atomic E-state index is 10.2. The molecule has 0 heterocycles. The van der Waals surface area contributed by atoms with Gasteiger partial charge in [0.25, 0.3) is 0 Å². The number of rotatable bonds is 3. The van der Waals surface area contributed by atoms with E-state index in [1.165, 1.54) is 0 Å². The molecule has 2 unspecified atom stereocenters. The molecule has 0 spiro atoms. The molecule has 1 nitrogen and oxygen atoms in total. The van der Waals surface area contributed by atoms with Crippen LogP contribution in [0.1, 0.15) is 13.3 Å². The molecule has 0 aliphatic rings. The lowest BCUT2D eigenvalue weighted by Crippen LogP contribution is -1.97. The summed E-state index contributed by atoms with van der Waals surface area (Å²) in [5, 5.41) is 0.0812. The zero-order valence-electron chi connectivity index (χ0n) is 4.56. The Labute approximate surface area is 61.3 Å². The largest absolute Gasteiger partial charge is 0.243 e. The lowest BCUT2D eigenvalue weighted by Gasteiger charge is -1.95. The third-order valence-corrected chi connectivity index (χ3v) is 1.91. The van der Waals surface area contributed by atoms with E-state index in [1.807, 2.05) is 6.92 Å². The molecule has 2 atom stereocenters. The van der Waals surface area contributed by atoms with Crippen molar-refractivity contribution in [1.82, 2.24) is 0 Å². The lowest BCUT2D eigenvalue weighted by molar-refractivity contribution is 0.688. The average Bonchev–Trinajstić information content (AvgIpc) is 1.61. The molecular weight excluding hydrogens is 167 g/mol. The van der Waals surface area contributed by atoms with Gasteiger partial charge in [-0.3, -0.25) is 0 Å². The van der Waals surface area contributed by atoms with Gasteiger partial charge in [0, 0.05) is 11.1 Å². The summed E-state index contributed by atoms with van der Waals surface area (Å²) in [7, 11) is 3.94. The van der Waals surface area contributed by atoms with Gasteiger partial charge in [-0.05, 0) is 24.0 Å². The van der Waals surface area contributed by atoms with Gasteiger partial charge >= 0.3 is 0 Å². The maximum absolute atomic E-state index is 10.2. The van der Waals surface area contributed by atoms with Crippen LogP contribution in [0.2, 0.25) is 0 Å². The Morgan fingerprint density at radius 1 is 1.75 bits per heavy atom. The van der Waals surface area contributed by atoms with E-state index in [0.29, 0.717) is 5.75 Å². The van der Waals surface area contributed by atoms with Crippen molar-refractivity contribution in [3.63, 3.8) is 0 Å². The zero-order chi connectivity index (χ0) is 6.57. The van der Waals surface area contributed by atoms with Gasteiger partial charge in [0.2, 0.25) is 0 Å². The molecule has 0 saturated heterocycles. The van der Waals surface area contributed by atoms with Crippen molar-refractivity contribution in [1.29, 1.82) is 0 Å². The number of hydrogen-bond donors (Lipinski definition) is 0. The van der Waals surface area contributed by atoms with Crippen LogP contribution in [-0.2, 0) is 10.0 Å². The molecule has 0 amide bonds. The third-order valence-electron chi connectivity index (χ3n) is 0.676. The van der Waals surface area contributed by atoms with Crippen LogP contribution in [0, 0.1) is 0 Å². The predicted molar refractivity (Wildman–Crippen MR) is 38.8 cm³/mol. The van der Waals surface area contributed by atoms with Crippen molar-refractivity contribution in [2.75, 3.05) is 5.75 Å². The molecule has 0 N–H and O–H groups in total. The van der Waals surface area contributed by atoms with E-state index in [2.05, 4.69) is 0 Å². The van der Waals surface area contributed by atoms with E-state index >= 15 is 0 Å². The van der Waals surface area contributed by atoms with E-state index in [-0.39, 0.29) is 5.38 Å². The van der Waals surface area contributed by atoms with Gasteiger partial charge in [-0.1, -0.05) is 0 Å². The first-order valence-corrected chi connectivity index (χ1v) is 4.90. The normalized spacial score (nSPS) is 17.9. The summed E-state index contributed by atoms with van der Waals surface area (Å²) >= 11 is 5.53. The van der Waals surface area contributed by atoms with Gasteiger partial charge in [0.1, 0.15) is 10.0 Å². The first-order valence-electron chi connectivity index (χ1n) is 2.31. The van der Waals surface area contributed by atoms with Gasteiger partial charge in [0.05, 0.1) is 0 Å². The average molecular weight is 175 g/mol. The van der Waals surface area contributed by atoms with E-state index in [0.717, 1.165) is 6.42 Å². The minimum Gasteiger partial charge on any atom is -0.243 e. The molecule has 0 rings (SSSR count). The van der Waals surface area contributed by atoms with Crippen LogP contribution in [0.4, 0.5) is 0 Å². The van der Waals surface area contributed by atoms with Crippen molar-refractivity contribution in [3.8, 4) is 0 Å². The van der Waals surface area contributed by atoms with E-state index in [9.17, 15) is 4.21 Å². The molecule has 0 aliphatic heterocycles. The summed E-state index contributed by atoms with van der Waals surface area (Å²) in [6.07, 6.45) is 0.720. The summed E-state index contributed by atoms with van der Waals surface area (Å²) in [4.78, 5) is 0. The predicted octanol–water partition coefficient (Wildman–Crippen LogP) is 1.91. The fourth-order valence-electron chi connectivity index (χ4n) is 0.255. The smallest absolute Gasteiger partial charge is 0.114 e. The Bertz CT molecular complexity index is 84.1. The van der Waals surface area contributed by atoms with Crippen LogP contribution in [0.15, 0.2) is 0 Å². The van der Waals surface area contributed by atoms with Crippen molar-refractivity contribution in [2.45, 2.75) is 18.7 Å². The highest BCUT2D eigenvalue weighted by molar-refractivity contribution is 8.08. The molecule has 50 valence electrons. The Hall–Kier alpha value is 0.730.